The molecule has 0 saturated carbocycles. The van der Waals surface area contributed by atoms with Crippen LogP contribution in [0.25, 0.3) is 0 Å². The SMILES string of the molecule is CC/C=C\C/C=C\C/C=C\C/C=C\CCCCCCCCCCCCCCC(=O)OC(COCCCCCCCCCCCCCCCCCCCCCCCCCCCC)COP(=O)(O)OCCN. The van der Waals surface area contributed by atoms with E-state index < -0.39 is 13.9 Å². The van der Waals surface area contributed by atoms with Gasteiger partial charge in [0, 0.05) is 19.6 Å². The average molecular weight is 1010 g/mol. The number of phosphoric ester groups is 1. The fourth-order valence-electron chi connectivity index (χ4n) is 8.88. The Morgan fingerprint density at radius 2 is 0.800 bits per heavy atom. The molecule has 0 aromatic rings. The summed E-state index contributed by atoms with van der Waals surface area (Å²) in [5.41, 5.74) is 5.41. The van der Waals surface area contributed by atoms with E-state index >= 15 is 0 Å². The normalized spacial score (nSPS) is 13.5. The predicted octanol–water partition coefficient (Wildman–Crippen LogP) is 19.4. The molecule has 70 heavy (non-hydrogen) atoms. The Hall–Kier alpha value is -1.54. The van der Waals surface area contributed by atoms with Crippen LogP contribution in [0.3, 0.4) is 0 Å². The quantitative estimate of drug-likeness (QED) is 0.0268. The molecular formula is C61H116NO7P. The van der Waals surface area contributed by atoms with Crippen molar-refractivity contribution in [3.8, 4) is 0 Å². The zero-order valence-electron chi connectivity index (χ0n) is 46.3. The topological polar surface area (TPSA) is 117 Å². The zero-order chi connectivity index (χ0) is 50.8. The van der Waals surface area contributed by atoms with E-state index in [-0.39, 0.29) is 32.3 Å². The minimum Gasteiger partial charge on any atom is -0.457 e. The Kier molecular flexibility index (Phi) is 57.1. The Balaban J connectivity index is 3.83. The van der Waals surface area contributed by atoms with Crippen molar-refractivity contribution in [2.24, 2.45) is 5.73 Å². The second kappa shape index (κ2) is 58.4. The van der Waals surface area contributed by atoms with Gasteiger partial charge in [-0.25, -0.2) is 4.57 Å². The molecule has 0 radical (unpaired) electrons. The third-order valence-electron chi connectivity index (χ3n) is 13.3. The number of esters is 1. The molecule has 0 heterocycles. The molecule has 0 rings (SSSR count). The Morgan fingerprint density at radius 3 is 1.20 bits per heavy atom. The van der Waals surface area contributed by atoms with Crippen LogP contribution in [0.5, 0.6) is 0 Å². The summed E-state index contributed by atoms with van der Waals surface area (Å²) in [4.78, 5) is 22.7. The van der Waals surface area contributed by atoms with Crippen molar-refractivity contribution in [3.05, 3.63) is 48.6 Å². The maximum atomic E-state index is 12.7. The molecule has 8 nitrogen and oxygen atoms in total. The molecule has 3 N–H and O–H groups in total. The average Bonchev–Trinajstić information content (AvgIpc) is 3.35. The lowest BCUT2D eigenvalue weighted by atomic mass is 10.0. The summed E-state index contributed by atoms with van der Waals surface area (Å²) >= 11 is 0. The standard InChI is InChI=1S/C61H116NO7P/c1-3-5-7-9-11-13-15-17-19-21-23-25-27-29-31-33-35-37-39-41-43-45-47-49-51-53-56-66-58-60(59-68-70(64,65)67-57-55-62)69-61(63)54-52-50-48-46-44-42-40-38-36-34-32-30-28-26-24-22-20-18-16-14-12-10-8-6-4-2/h6,8,12,14,18,20,24,26,60H,3-5,7,9-11,13,15-17,19,21-23,25,27-59,62H2,1-2H3,(H,64,65)/b8-6-,14-12-,20-18-,26-24-. The van der Waals surface area contributed by atoms with Gasteiger partial charge in [0.2, 0.25) is 0 Å². The highest BCUT2D eigenvalue weighted by molar-refractivity contribution is 7.47. The number of phosphoric acid groups is 1. The first-order chi connectivity index (χ1) is 34.4. The van der Waals surface area contributed by atoms with Gasteiger partial charge in [0.25, 0.3) is 0 Å². The second-order valence-electron chi connectivity index (χ2n) is 20.2. The van der Waals surface area contributed by atoms with Crippen LogP contribution in [0.1, 0.15) is 296 Å². The molecule has 0 aromatic heterocycles. The summed E-state index contributed by atoms with van der Waals surface area (Å²) in [7, 11) is -4.29. The molecule has 0 aromatic carbocycles. The van der Waals surface area contributed by atoms with E-state index in [4.69, 9.17) is 24.3 Å². The molecule has 0 aliphatic heterocycles. The molecule has 0 saturated heterocycles. The number of rotatable bonds is 58. The van der Waals surface area contributed by atoms with Crippen LogP contribution in [-0.2, 0) is 27.9 Å². The van der Waals surface area contributed by atoms with Gasteiger partial charge >= 0.3 is 13.8 Å². The van der Waals surface area contributed by atoms with Crippen molar-refractivity contribution in [3.63, 3.8) is 0 Å². The van der Waals surface area contributed by atoms with E-state index in [1.165, 1.54) is 218 Å². The summed E-state index contributed by atoms with van der Waals surface area (Å²) in [6.45, 7) is 4.87. The van der Waals surface area contributed by atoms with Crippen molar-refractivity contribution in [2.75, 3.05) is 33.0 Å². The van der Waals surface area contributed by atoms with Crippen molar-refractivity contribution in [1.29, 1.82) is 0 Å². The van der Waals surface area contributed by atoms with Crippen LogP contribution in [0.15, 0.2) is 48.6 Å². The number of carbonyl (C=O) groups is 1. The maximum Gasteiger partial charge on any atom is 0.472 e. The van der Waals surface area contributed by atoms with Crippen molar-refractivity contribution in [2.45, 2.75) is 302 Å². The van der Waals surface area contributed by atoms with Gasteiger partial charge in [-0.15, -0.1) is 0 Å². The van der Waals surface area contributed by atoms with Gasteiger partial charge in [0.05, 0.1) is 19.8 Å². The maximum absolute atomic E-state index is 12.7. The third kappa shape index (κ3) is 57.4. The van der Waals surface area contributed by atoms with Gasteiger partial charge in [-0.1, -0.05) is 287 Å². The molecular weight excluding hydrogens is 890 g/mol. The molecule has 2 unspecified atom stereocenters. The van der Waals surface area contributed by atoms with Gasteiger partial charge in [-0.05, 0) is 51.4 Å². The van der Waals surface area contributed by atoms with Gasteiger partial charge in [-0.3, -0.25) is 13.8 Å². The molecule has 0 amide bonds. The summed E-state index contributed by atoms with van der Waals surface area (Å²) in [5.74, 6) is -0.327. The minimum absolute atomic E-state index is 0.0947. The Bertz CT molecular complexity index is 1220. The number of hydrogen-bond acceptors (Lipinski definition) is 7. The Labute approximate surface area is 434 Å². The number of nitrogens with two attached hydrogens (primary N) is 1. The highest BCUT2D eigenvalue weighted by atomic mass is 31.2. The smallest absolute Gasteiger partial charge is 0.457 e. The van der Waals surface area contributed by atoms with Gasteiger partial charge in [0.15, 0.2) is 0 Å². The number of unbranched alkanes of at least 4 members (excludes halogenated alkanes) is 37. The fraction of sp³-hybridized carbons (Fsp3) is 0.852. The van der Waals surface area contributed by atoms with E-state index in [0.717, 1.165) is 57.8 Å². The lowest BCUT2D eigenvalue weighted by molar-refractivity contribution is -0.154. The third-order valence-corrected chi connectivity index (χ3v) is 14.2. The van der Waals surface area contributed by atoms with Crippen molar-refractivity contribution < 1.29 is 32.8 Å². The van der Waals surface area contributed by atoms with Crippen LogP contribution in [0, 0.1) is 0 Å². The Morgan fingerprint density at radius 1 is 0.443 bits per heavy atom. The van der Waals surface area contributed by atoms with Crippen molar-refractivity contribution >= 4 is 13.8 Å². The van der Waals surface area contributed by atoms with E-state index in [2.05, 4.69) is 62.5 Å². The molecule has 0 spiro atoms. The van der Waals surface area contributed by atoms with Gasteiger partial charge in [0.1, 0.15) is 6.10 Å². The number of allylic oxidation sites excluding steroid dienone is 8. The largest absolute Gasteiger partial charge is 0.472 e. The van der Waals surface area contributed by atoms with Crippen LogP contribution in [0.4, 0.5) is 0 Å². The van der Waals surface area contributed by atoms with E-state index in [1.807, 2.05) is 0 Å². The van der Waals surface area contributed by atoms with Crippen LogP contribution < -0.4 is 5.73 Å². The fourth-order valence-corrected chi connectivity index (χ4v) is 9.64. The first kappa shape index (κ1) is 68.5. The van der Waals surface area contributed by atoms with Crippen LogP contribution in [-0.4, -0.2) is 49.9 Å². The monoisotopic (exact) mass is 1010 g/mol. The summed E-state index contributed by atoms with van der Waals surface area (Å²) in [6, 6.07) is 0. The molecule has 0 aliphatic carbocycles. The van der Waals surface area contributed by atoms with Gasteiger partial charge in [-0.2, -0.15) is 0 Å². The van der Waals surface area contributed by atoms with E-state index in [9.17, 15) is 14.3 Å². The zero-order valence-corrected chi connectivity index (χ0v) is 47.2. The number of carbonyl (C=O) groups excluding carboxylic acids is 1. The van der Waals surface area contributed by atoms with Crippen molar-refractivity contribution in [1.82, 2.24) is 0 Å². The lowest BCUT2D eigenvalue weighted by Gasteiger charge is -2.20. The molecule has 9 heteroatoms. The van der Waals surface area contributed by atoms with E-state index in [1.54, 1.807) is 0 Å². The number of ether oxygens (including phenoxy) is 2. The minimum atomic E-state index is -4.29. The first-order valence-corrected chi connectivity index (χ1v) is 31.6. The summed E-state index contributed by atoms with van der Waals surface area (Å²) < 4.78 is 33.7. The highest BCUT2D eigenvalue weighted by Crippen LogP contribution is 2.43. The summed E-state index contributed by atoms with van der Waals surface area (Å²) in [6.07, 6.45) is 73.2. The van der Waals surface area contributed by atoms with Crippen LogP contribution in [0.2, 0.25) is 0 Å². The number of hydrogen-bond donors (Lipinski definition) is 2. The summed E-state index contributed by atoms with van der Waals surface area (Å²) in [5, 5.41) is 0. The van der Waals surface area contributed by atoms with Crippen LogP contribution >= 0.6 is 7.82 Å². The molecule has 0 bridgehead atoms. The molecule has 2 atom stereocenters. The highest BCUT2D eigenvalue weighted by Gasteiger charge is 2.25. The van der Waals surface area contributed by atoms with Gasteiger partial charge < -0.3 is 20.1 Å². The second-order valence-corrected chi connectivity index (χ2v) is 21.6. The van der Waals surface area contributed by atoms with E-state index in [0.29, 0.717) is 13.0 Å². The molecule has 0 aliphatic rings. The lowest BCUT2D eigenvalue weighted by Crippen LogP contribution is -2.28. The predicted molar refractivity (Wildman–Crippen MR) is 303 cm³/mol. The molecule has 0 fully saturated rings. The first-order valence-electron chi connectivity index (χ1n) is 30.1. The molecule has 412 valence electrons.